The van der Waals surface area contributed by atoms with E-state index in [1.54, 1.807) is 6.07 Å². The van der Waals surface area contributed by atoms with Gasteiger partial charge in [0.05, 0.1) is 22.1 Å². The van der Waals surface area contributed by atoms with Gasteiger partial charge >= 0.3 is 0 Å². The van der Waals surface area contributed by atoms with Crippen molar-refractivity contribution in [2.45, 2.75) is 37.8 Å². The summed E-state index contributed by atoms with van der Waals surface area (Å²) in [7, 11) is 0. The lowest BCUT2D eigenvalue weighted by atomic mass is 10.1. The molecule has 0 bridgehead atoms. The Bertz CT molecular complexity index is 1350. The Hall–Kier alpha value is -3.17. The third-order valence-electron chi connectivity index (χ3n) is 6.32. The Kier molecular flexibility index (Phi) is 4.55. The minimum Gasteiger partial charge on any atom is -0.383 e. The highest BCUT2D eigenvalue weighted by Gasteiger charge is 2.27. The predicted octanol–water partition coefficient (Wildman–Crippen LogP) is 3.03. The first-order valence-corrected chi connectivity index (χ1v) is 11.3. The van der Waals surface area contributed by atoms with Crippen molar-refractivity contribution in [2.75, 3.05) is 18.8 Å². The smallest absolute Gasteiger partial charge is 0.251 e. The van der Waals surface area contributed by atoms with Crippen LogP contribution in [0.4, 0.5) is 5.82 Å². The largest absolute Gasteiger partial charge is 0.383 e. The van der Waals surface area contributed by atoms with Gasteiger partial charge in [-0.05, 0) is 50.9 Å². The van der Waals surface area contributed by atoms with Crippen molar-refractivity contribution in [3.05, 3.63) is 35.1 Å². The molecule has 1 saturated carbocycles. The number of carbonyl (C=O) groups is 1. The fourth-order valence-corrected chi connectivity index (χ4v) is 4.74. The minimum atomic E-state index is -0.0695. The summed E-state index contributed by atoms with van der Waals surface area (Å²) in [6.07, 6.45) is 5.48. The number of amides is 1. The molecule has 0 spiro atoms. The van der Waals surface area contributed by atoms with Crippen LogP contribution in [0.25, 0.3) is 33.3 Å². The van der Waals surface area contributed by atoms with Gasteiger partial charge in [-0.25, -0.2) is 14.6 Å². The van der Waals surface area contributed by atoms with Crippen LogP contribution in [0, 0.1) is 0 Å². The number of H-pyrrole nitrogens is 1. The van der Waals surface area contributed by atoms with E-state index in [1.807, 2.05) is 16.8 Å². The Morgan fingerprint density at radius 3 is 2.78 bits per heavy atom. The summed E-state index contributed by atoms with van der Waals surface area (Å²) in [5, 5.41) is 13.4. The maximum Gasteiger partial charge on any atom is 0.251 e. The van der Waals surface area contributed by atoms with Crippen LogP contribution in [0.2, 0.25) is 5.02 Å². The molecule has 2 aliphatic rings. The number of benzene rings is 1. The van der Waals surface area contributed by atoms with Crippen molar-refractivity contribution in [1.29, 1.82) is 0 Å². The molecule has 1 aliphatic heterocycles. The van der Waals surface area contributed by atoms with Gasteiger partial charge in [-0.15, -0.1) is 0 Å². The number of hydrogen-bond acceptors (Lipinski definition) is 6. The zero-order chi connectivity index (χ0) is 21.8. The van der Waals surface area contributed by atoms with E-state index in [1.165, 1.54) is 6.33 Å². The third kappa shape index (κ3) is 3.20. The molecule has 0 atom stereocenters. The number of aromatic nitrogens is 5. The lowest BCUT2D eigenvalue weighted by molar-refractivity contribution is 0.0951. The fraction of sp³-hybridized carbons (Fsp3) is 0.364. The average molecular weight is 451 g/mol. The number of nitrogen functional groups attached to an aromatic ring is 1. The van der Waals surface area contributed by atoms with E-state index in [2.05, 4.69) is 25.6 Å². The van der Waals surface area contributed by atoms with Gasteiger partial charge in [-0.3, -0.25) is 4.79 Å². The number of rotatable bonds is 4. The zero-order valence-electron chi connectivity index (χ0n) is 17.4. The second-order valence-corrected chi connectivity index (χ2v) is 8.93. The summed E-state index contributed by atoms with van der Waals surface area (Å²) in [4.78, 5) is 24.5. The number of anilines is 1. The van der Waals surface area contributed by atoms with E-state index in [9.17, 15) is 4.79 Å². The highest BCUT2D eigenvalue weighted by Crippen LogP contribution is 2.39. The molecule has 4 heterocycles. The summed E-state index contributed by atoms with van der Waals surface area (Å²) in [6, 6.07) is 6.02. The normalized spacial score (nSPS) is 17.3. The van der Waals surface area contributed by atoms with E-state index in [0.29, 0.717) is 44.9 Å². The van der Waals surface area contributed by atoms with Gasteiger partial charge in [-0.2, -0.15) is 5.10 Å². The van der Waals surface area contributed by atoms with Crippen molar-refractivity contribution in [3.8, 4) is 11.4 Å². The molecule has 2 fully saturated rings. The molecule has 164 valence electrons. The number of nitrogens with zero attached hydrogens (tertiary/aromatic N) is 4. The molecule has 1 saturated heterocycles. The maximum absolute atomic E-state index is 12.5. The fourth-order valence-electron chi connectivity index (χ4n) is 4.44. The van der Waals surface area contributed by atoms with Gasteiger partial charge in [0.15, 0.2) is 5.65 Å². The Morgan fingerprint density at radius 2 is 2.00 bits per heavy atom. The van der Waals surface area contributed by atoms with Crippen molar-refractivity contribution in [2.24, 2.45) is 0 Å². The molecule has 10 heteroatoms. The molecule has 0 unspecified atom stereocenters. The summed E-state index contributed by atoms with van der Waals surface area (Å²) in [5.74, 6) is 0.296. The van der Waals surface area contributed by atoms with Crippen LogP contribution < -0.4 is 16.4 Å². The number of piperidine rings is 1. The van der Waals surface area contributed by atoms with Crippen LogP contribution in [-0.2, 0) is 0 Å². The Labute approximate surface area is 188 Å². The molecule has 4 aromatic rings. The highest BCUT2D eigenvalue weighted by atomic mass is 35.5. The van der Waals surface area contributed by atoms with Gasteiger partial charge in [0.25, 0.3) is 5.91 Å². The SMILES string of the molecule is Nc1ncnc2c1c(-c1[nH]c3cc(C(=O)NC4CC4)ccc3c1Cl)nn2C1CCNCC1. The van der Waals surface area contributed by atoms with Crippen LogP contribution in [0.3, 0.4) is 0 Å². The second-order valence-electron chi connectivity index (χ2n) is 8.55. The minimum absolute atomic E-state index is 0.0695. The highest BCUT2D eigenvalue weighted by molar-refractivity contribution is 6.38. The van der Waals surface area contributed by atoms with Crippen LogP contribution >= 0.6 is 11.6 Å². The Balaban J connectivity index is 1.48. The molecule has 9 nitrogen and oxygen atoms in total. The summed E-state index contributed by atoms with van der Waals surface area (Å²) < 4.78 is 1.96. The second kappa shape index (κ2) is 7.46. The Morgan fingerprint density at radius 1 is 1.19 bits per heavy atom. The lowest BCUT2D eigenvalue weighted by Crippen LogP contribution is -2.30. The summed E-state index contributed by atoms with van der Waals surface area (Å²) >= 11 is 6.79. The van der Waals surface area contributed by atoms with Gasteiger partial charge in [-0.1, -0.05) is 17.7 Å². The topological polar surface area (TPSA) is 127 Å². The van der Waals surface area contributed by atoms with Crippen LogP contribution in [0.5, 0.6) is 0 Å². The molecule has 3 aromatic heterocycles. The number of fused-ring (bicyclic) bond motifs is 2. The number of nitrogens with one attached hydrogen (secondary N) is 3. The summed E-state index contributed by atoms with van der Waals surface area (Å²) in [5.41, 5.74) is 9.63. The van der Waals surface area contributed by atoms with Gasteiger partial charge in [0, 0.05) is 22.5 Å². The van der Waals surface area contributed by atoms with Crippen molar-refractivity contribution >= 4 is 45.3 Å². The first-order valence-electron chi connectivity index (χ1n) is 10.9. The summed E-state index contributed by atoms with van der Waals surface area (Å²) in [6.45, 7) is 1.86. The molecule has 1 aromatic carbocycles. The lowest BCUT2D eigenvalue weighted by Gasteiger charge is -2.23. The number of aromatic amines is 1. The molecular weight excluding hydrogens is 428 g/mol. The first-order chi connectivity index (χ1) is 15.6. The molecule has 1 aliphatic carbocycles. The molecule has 1 amide bonds. The van der Waals surface area contributed by atoms with E-state index >= 15 is 0 Å². The first kappa shape index (κ1) is 19.5. The number of halogens is 1. The van der Waals surface area contributed by atoms with Crippen molar-refractivity contribution < 1.29 is 4.79 Å². The molecule has 32 heavy (non-hydrogen) atoms. The van der Waals surface area contributed by atoms with Gasteiger partial charge < -0.3 is 21.4 Å². The number of carbonyl (C=O) groups excluding carboxylic acids is 1. The standard InChI is InChI=1S/C22H23ClN8O/c23-17-14-4-1-11(22(32)28-12-2-3-12)9-15(14)29-19(17)18-16-20(24)26-10-27-21(16)31(30-18)13-5-7-25-8-6-13/h1,4,9-10,12-13,25,29H,2-3,5-8H2,(H,28,32)(H2,24,26,27). The van der Waals surface area contributed by atoms with E-state index in [0.717, 1.165) is 49.7 Å². The maximum atomic E-state index is 12.5. The van der Waals surface area contributed by atoms with E-state index in [-0.39, 0.29) is 11.9 Å². The molecule has 6 rings (SSSR count). The van der Waals surface area contributed by atoms with Crippen molar-refractivity contribution in [1.82, 2.24) is 35.4 Å². The average Bonchev–Trinajstić information content (AvgIpc) is 3.45. The quantitative estimate of drug-likeness (QED) is 0.378. The molecule has 5 N–H and O–H groups in total. The number of hydrogen-bond donors (Lipinski definition) is 4. The zero-order valence-corrected chi connectivity index (χ0v) is 18.1. The van der Waals surface area contributed by atoms with Crippen LogP contribution in [-0.4, -0.2) is 49.8 Å². The van der Waals surface area contributed by atoms with E-state index < -0.39 is 0 Å². The molecule has 0 radical (unpaired) electrons. The van der Waals surface area contributed by atoms with Gasteiger partial charge in [0.1, 0.15) is 17.8 Å². The van der Waals surface area contributed by atoms with Crippen LogP contribution in [0.15, 0.2) is 24.5 Å². The van der Waals surface area contributed by atoms with Gasteiger partial charge in [0.2, 0.25) is 0 Å². The molecular formula is C22H23ClN8O. The van der Waals surface area contributed by atoms with Crippen molar-refractivity contribution in [3.63, 3.8) is 0 Å². The number of nitrogens with two attached hydrogens (primary N) is 1. The van der Waals surface area contributed by atoms with Crippen LogP contribution in [0.1, 0.15) is 42.1 Å². The third-order valence-corrected chi connectivity index (χ3v) is 6.71. The monoisotopic (exact) mass is 450 g/mol. The van der Waals surface area contributed by atoms with E-state index in [4.69, 9.17) is 22.4 Å². The predicted molar refractivity (Wildman–Crippen MR) is 124 cm³/mol.